The zero-order chi connectivity index (χ0) is 14.6. The van der Waals surface area contributed by atoms with E-state index in [1.165, 1.54) is 44.9 Å². The van der Waals surface area contributed by atoms with E-state index in [1.807, 2.05) is 6.07 Å². The SMILES string of the molecule is CCCCCCCCCCOc1ccc(C=O)cc1Br. The van der Waals surface area contributed by atoms with Gasteiger partial charge in [-0.25, -0.2) is 0 Å². The van der Waals surface area contributed by atoms with Crippen molar-refractivity contribution in [1.29, 1.82) is 0 Å². The van der Waals surface area contributed by atoms with Crippen molar-refractivity contribution in [3.63, 3.8) is 0 Å². The minimum atomic E-state index is 0.663. The Morgan fingerprint density at radius 1 is 1.05 bits per heavy atom. The number of hydrogen-bond donors (Lipinski definition) is 0. The molecule has 1 aromatic carbocycles. The molecule has 0 amide bonds. The van der Waals surface area contributed by atoms with Crippen molar-refractivity contribution < 1.29 is 9.53 Å². The molecule has 0 aliphatic rings. The molecule has 0 heterocycles. The van der Waals surface area contributed by atoms with Gasteiger partial charge in [0.2, 0.25) is 0 Å². The summed E-state index contributed by atoms with van der Waals surface area (Å²) in [5.41, 5.74) is 0.663. The summed E-state index contributed by atoms with van der Waals surface area (Å²) in [7, 11) is 0. The van der Waals surface area contributed by atoms with E-state index in [4.69, 9.17) is 4.74 Å². The van der Waals surface area contributed by atoms with E-state index in [0.29, 0.717) is 5.56 Å². The van der Waals surface area contributed by atoms with Crippen LogP contribution in [0.4, 0.5) is 0 Å². The van der Waals surface area contributed by atoms with Gasteiger partial charge in [-0.2, -0.15) is 0 Å². The number of rotatable bonds is 11. The molecule has 0 atom stereocenters. The lowest BCUT2D eigenvalue weighted by atomic mass is 10.1. The molecular weight excluding hydrogens is 316 g/mol. The third-order valence-corrected chi connectivity index (χ3v) is 3.97. The first-order valence-corrected chi connectivity index (χ1v) is 8.44. The first kappa shape index (κ1) is 17.2. The molecule has 0 radical (unpaired) electrons. The zero-order valence-corrected chi connectivity index (χ0v) is 14.0. The third-order valence-electron chi connectivity index (χ3n) is 3.35. The molecule has 0 fully saturated rings. The van der Waals surface area contributed by atoms with Gasteiger partial charge in [0.15, 0.2) is 0 Å². The minimum absolute atomic E-state index is 0.663. The third kappa shape index (κ3) is 7.09. The Hall–Kier alpha value is -0.830. The highest BCUT2D eigenvalue weighted by atomic mass is 79.9. The number of carbonyl (C=O) groups is 1. The Balaban J connectivity index is 2.08. The average molecular weight is 341 g/mol. The largest absolute Gasteiger partial charge is 0.492 e. The second kappa shape index (κ2) is 10.9. The van der Waals surface area contributed by atoms with Crippen molar-refractivity contribution in [3.8, 4) is 5.75 Å². The standard InChI is InChI=1S/C17H25BrO2/c1-2-3-4-5-6-7-8-9-12-20-17-11-10-15(14-19)13-16(17)18/h10-11,13-14H,2-9,12H2,1H3. The molecule has 1 aromatic rings. The van der Waals surface area contributed by atoms with Crippen LogP contribution in [0.5, 0.6) is 5.75 Å². The Morgan fingerprint density at radius 3 is 2.30 bits per heavy atom. The summed E-state index contributed by atoms with van der Waals surface area (Å²) in [4.78, 5) is 10.6. The van der Waals surface area contributed by atoms with Crippen molar-refractivity contribution in [2.45, 2.75) is 58.3 Å². The lowest BCUT2D eigenvalue weighted by Gasteiger charge is -2.08. The molecule has 0 aromatic heterocycles. The first-order valence-electron chi connectivity index (χ1n) is 7.65. The fourth-order valence-corrected chi connectivity index (χ4v) is 2.64. The van der Waals surface area contributed by atoms with Crippen molar-refractivity contribution in [2.75, 3.05) is 6.61 Å². The van der Waals surface area contributed by atoms with Crippen molar-refractivity contribution in [3.05, 3.63) is 28.2 Å². The molecule has 0 saturated heterocycles. The summed E-state index contributed by atoms with van der Waals surface area (Å²) < 4.78 is 6.57. The second-order valence-corrected chi connectivity index (χ2v) is 5.99. The second-order valence-electron chi connectivity index (χ2n) is 5.13. The normalized spacial score (nSPS) is 10.5. The van der Waals surface area contributed by atoms with Crippen LogP contribution in [0.3, 0.4) is 0 Å². The summed E-state index contributed by atoms with van der Waals surface area (Å²) in [6, 6.07) is 5.41. The maximum atomic E-state index is 10.6. The van der Waals surface area contributed by atoms with Gasteiger partial charge in [0, 0.05) is 5.56 Å². The fraction of sp³-hybridized carbons (Fsp3) is 0.588. The number of unbranched alkanes of at least 4 members (excludes halogenated alkanes) is 7. The molecule has 0 spiro atoms. The van der Waals surface area contributed by atoms with Gasteiger partial charge < -0.3 is 4.74 Å². The highest BCUT2D eigenvalue weighted by Crippen LogP contribution is 2.25. The first-order chi connectivity index (χ1) is 9.77. The summed E-state index contributed by atoms with van der Waals surface area (Å²) in [6.07, 6.45) is 11.2. The molecule has 2 nitrogen and oxygen atoms in total. The Kier molecular flexibility index (Phi) is 9.38. The lowest BCUT2D eigenvalue weighted by molar-refractivity contribution is 0.112. The van der Waals surface area contributed by atoms with Crippen LogP contribution in [0.1, 0.15) is 68.6 Å². The molecule has 0 unspecified atom stereocenters. The monoisotopic (exact) mass is 340 g/mol. The van der Waals surface area contributed by atoms with E-state index in [9.17, 15) is 4.79 Å². The molecule has 1 rings (SSSR count). The minimum Gasteiger partial charge on any atom is -0.492 e. The molecule has 0 saturated carbocycles. The van der Waals surface area contributed by atoms with E-state index >= 15 is 0 Å². The van der Waals surface area contributed by atoms with Crippen LogP contribution < -0.4 is 4.74 Å². The average Bonchev–Trinajstić information content (AvgIpc) is 2.47. The summed E-state index contributed by atoms with van der Waals surface area (Å²) in [5.74, 6) is 0.818. The van der Waals surface area contributed by atoms with Crippen molar-refractivity contribution >= 4 is 22.2 Å². The number of hydrogen-bond acceptors (Lipinski definition) is 2. The van der Waals surface area contributed by atoms with Crippen LogP contribution in [-0.4, -0.2) is 12.9 Å². The van der Waals surface area contributed by atoms with Crippen molar-refractivity contribution in [1.82, 2.24) is 0 Å². The molecule has 0 bridgehead atoms. The van der Waals surface area contributed by atoms with Gasteiger partial charge in [0.1, 0.15) is 12.0 Å². The van der Waals surface area contributed by atoms with Crippen LogP contribution >= 0.6 is 15.9 Å². The molecule has 0 aliphatic carbocycles. The molecular formula is C17H25BrO2. The number of aldehydes is 1. The maximum Gasteiger partial charge on any atom is 0.150 e. The zero-order valence-electron chi connectivity index (χ0n) is 12.4. The Labute approximate surface area is 131 Å². The summed E-state index contributed by atoms with van der Waals surface area (Å²) >= 11 is 3.42. The molecule has 20 heavy (non-hydrogen) atoms. The lowest BCUT2D eigenvalue weighted by Crippen LogP contribution is -1.98. The van der Waals surface area contributed by atoms with Crippen LogP contribution in [0.25, 0.3) is 0 Å². The molecule has 3 heteroatoms. The smallest absolute Gasteiger partial charge is 0.150 e. The van der Waals surface area contributed by atoms with Gasteiger partial charge in [-0.15, -0.1) is 0 Å². The van der Waals surface area contributed by atoms with E-state index < -0.39 is 0 Å². The quantitative estimate of drug-likeness (QED) is 0.377. The highest BCUT2D eigenvalue weighted by molar-refractivity contribution is 9.10. The van der Waals surface area contributed by atoms with Gasteiger partial charge in [-0.1, -0.05) is 51.9 Å². The Bertz CT molecular complexity index is 391. The van der Waals surface area contributed by atoms with E-state index in [2.05, 4.69) is 22.9 Å². The number of ether oxygens (including phenoxy) is 1. The molecule has 0 aliphatic heterocycles. The highest BCUT2D eigenvalue weighted by Gasteiger charge is 2.02. The van der Waals surface area contributed by atoms with Crippen LogP contribution in [0.2, 0.25) is 0 Å². The van der Waals surface area contributed by atoms with Gasteiger partial charge in [-0.3, -0.25) is 4.79 Å². The number of halogens is 1. The Morgan fingerprint density at radius 2 is 1.70 bits per heavy atom. The predicted octanol–water partition coefficient (Wildman–Crippen LogP) is 5.78. The molecule has 112 valence electrons. The fourth-order valence-electron chi connectivity index (χ4n) is 2.13. The maximum absolute atomic E-state index is 10.6. The topological polar surface area (TPSA) is 26.3 Å². The van der Waals surface area contributed by atoms with E-state index in [-0.39, 0.29) is 0 Å². The van der Waals surface area contributed by atoms with Crippen LogP contribution in [0, 0.1) is 0 Å². The summed E-state index contributed by atoms with van der Waals surface area (Å²) in [6.45, 7) is 2.99. The van der Waals surface area contributed by atoms with Gasteiger partial charge in [0.05, 0.1) is 11.1 Å². The number of benzene rings is 1. The van der Waals surface area contributed by atoms with Gasteiger partial charge >= 0.3 is 0 Å². The predicted molar refractivity (Wildman–Crippen MR) is 87.6 cm³/mol. The van der Waals surface area contributed by atoms with Crippen LogP contribution in [0.15, 0.2) is 22.7 Å². The van der Waals surface area contributed by atoms with Gasteiger partial charge in [0.25, 0.3) is 0 Å². The van der Waals surface area contributed by atoms with Crippen molar-refractivity contribution in [2.24, 2.45) is 0 Å². The van der Waals surface area contributed by atoms with Crippen LogP contribution in [-0.2, 0) is 0 Å². The van der Waals surface area contributed by atoms with E-state index in [1.54, 1.807) is 12.1 Å². The number of carbonyl (C=O) groups excluding carboxylic acids is 1. The molecule has 0 N–H and O–H groups in total. The van der Waals surface area contributed by atoms with Gasteiger partial charge in [-0.05, 0) is 40.5 Å². The summed E-state index contributed by atoms with van der Waals surface area (Å²) in [5, 5.41) is 0. The van der Waals surface area contributed by atoms with E-state index in [0.717, 1.165) is 29.5 Å².